The monoisotopic (exact) mass is 393 g/mol. The predicted octanol–water partition coefficient (Wildman–Crippen LogP) is 4.44. The lowest BCUT2D eigenvalue weighted by Crippen LogP contribution is -2.33. The number of rotatable bonds is 5. The van der Waals surface area contributed by atoms with Gasteiger partial charge in [-0.05, 0) is 62.4 Å². The predicted molar refractivity (Wildman–Crippen MR) is 105 cm³/mol. The van der Waals surface area contributed by atoms with Crippen molar-refractivity contribution in [3.8, 4) is 5.69 Å². The zero-order chi connectivity index (χ0) is 20.0. The highest BCUT2D eigenvalue weighted by Gasteiger charge is 2.37. The summed E-state index contributed by atoms with van der Waals surface area (Å²) in [6.45, 7) is 0.244. The molecule has 0 unspecified atom stereocenters. The van der Waals surface area contributed by atoms with Crippen LogP contribution in [0.5, 0.6) is 0 Å². The highest BCUT2D eigenvalue weighted by molar-refractivity contribution is 5.94. The van der Waals surface area contributed by atoms with Crippen LogP contribution in [0.3, 0.4) is 0 Å². The van der Waals surface area contributed by atoms with Crippen LogP contribution in [0.2, 0.25) is 0 Å². The van der Waals surface area contributed by atoms with E-state index < -0.39 is 0 Å². The lowest BCUT2D eigenvalue weighted by molar-refractivity contribution is 0.0720. The minimum Gasteiger partial charge on any atom is -0.330 e. The van der Waals surface area contributed by atoms with E-state index in [2.05, 4.69) is 5.10 Å². The molecule has 6 heteroatoms. The van der Waals surface area contributed by atoms with Crippen molar-refractivity contribution in [3.63, 3.8) is 0 Å². The summed E-state index contributed by atoms with van der Waals surface area (Å²) in [4.78, 5) is 15.2. The summed E-state index contributed by atoms with van der Waals surface area (Å²) in [5.74, 6) is -0.749. The second kappa shape index (κ2) is 7.10. The van der Waals surface area contributed by atoms with Crippen molar-refractivity contribution in [1.82, 2.24) is 14.7 Å². The van der Waals surface area contributed by atoms with E-state index in [0.29, 0.717) is 11.3 Å². The molecule has 2 aliphatic carbocycles. The summed E-state index contributed by atoms with van der Waals surface area (Å²) in [7, 11) is 0. The number of nitrogens with zero attached hydrogens (tertiary/aromatic N) is 3. The third kappa shape index (κ3) is 3.33. The first-order chi connectivity index (χ1) is 14.1. The van der Waals surface area contributed by atoms with E-state index >= 15 is 0 Å². The summed E-state index contributed by atoms with van der Waals surface area (Å²) in [6, 6.07) is 12.9. The fourth-order valence-corrected chi connectivity index (χ4v) is 4.10. The molecule has 1 heterocycles. The molecule has 5 rings (SSSR count). The normalized spacial score (nSPS) is 15.4. The second-order valence-electron chi connectivity index (χ2n) is 7.77. The number of amides is 1. The van der Waals surface area contributed by atoms with Crippen LogP contribution in [0.4, 0.5) is 8.78 Å². The standard InChI is InChI=1S/C23H21F2N3O/c24-16-8-10-18(11-9-16)28-21-7-3-5-19(21)22(26-28)23(29)27(17-12-13-17)14-15-4-1-2-6-20(15)25/h1-2,4,6,8-11,17H,3,5,7,12-14H2. The van der Waals surface area contributed by atoms with Crippen molar-refractivity contribution < 1.29 is 13.6 Å². The summed E-state index contributed by atoms with van der Waals surface area (Å²) < 4.78 is 29.3. The molecule has 4 nitrogen and oxygen atoms in total. The van der Waals surface area contributed by atoms with Crippen LogP contribution in [0.1, 0.15) is 46.6 Å². The third-order valence-electron chi connectivity index (χ3n) is 5.75. The van der Waals surface area contributed by atoms with E-state index in [1.165, 1.54) is 18.2 Å². The topological polar surface area (TPSA) is 38.1 Å². The summed E-state index contributed by atoms with van der Waals surface area (Å²) in [6.07, 6.45) is 4.47. The van der Waals surface area contributed by atoms with Crippen molar-refractivity contribution in [2.75, 3.05) is 0 Å². The Balaban J connectivity index is 1.51. The molecule has 0 aliphatic heterocycles. The molecule has 0 radical (unpaired) electrons. The van der Waals surface area contributed by atoms with E-state index in [9.17, 15) is 13.6 Å². The maximum Gasteiger partial charge on any atom is 0.275 e. The van der Waals surface area contributed by atoms with Gasteiger partial charge in [0.15, 0.2) is 5.69 Å². The molecule has 1 amide bonds. The summed E-state index contributed by atoms with van der Waals surface area (Å²) in [5, 5.41) is 4.64. The van der Waals surface area contributed by atoms with Crippen LogP contribution in [-0.4, -0.2) is 26.6 Å². The minimum atomic E-state index is -0.307. The molecule has 0 N–H and O–H groups in total. The molecular weight excluding hydrogens is 372 g/mol. The average molecular weight is 393 g/mol. The van der Waals surface area contributed by atoms with E-state index in [4.69, 9.17) is 0 Å². The van der Waals surface area contributed by atoms with Gasteiger partial charge in [-0.2, -0.15) is 5.10 Å². The van der Waals surface area contributed by atoms with Gasteiger partial charge < -0.3 is 4.90 Å². The zero-order valence-electron chi connectivity index (χ0n) is 15.9. The Morgan fingerprint density at radius 1 is 1.07 bits per heavy atom. The first-order valence-electron chi connectivity index (χ1n) is 10.0. The van der Waals surface area contributed by atoms with Crippen LogP contribution >= 0.6 is 0 Å². The molecule has 148 valence electrons. The number of fused-ring (bicyclic) bond motifs is 1. The number of carbonyl (C=O) groups is 1. The molecule has 3 aromatic rings. The second-order valence-corrected chi connectivity index (χ2v) is 7.77. The molecule has 1 fully saturated rings. The number of hydrogen-bond donors (Lipinski definition) is 0. The van der Waals surface area contributed by atoms with Gasteiger partial charge in [0.05, 0.1) is 5.69 Å². The van der Waals surface area contributed by atoms with Gasteiger partial charge in [-0.3, -0.25) is 4.79 Å². The lowest BCUT2D eigenvalue weighted by Gasteiger charge is -2.22. The van der Waals surface area contributed by atoms with Crippen molar-refractivity contribution in [2.24, 2.45) is 0 Å². The maximum atomic E-state index is 14.2. The molecule has 29 heavy (non-hydrogen) atoms. The molecule has 2 aliphatic rings. The number of benzene rings is 2. The van der Waals surface area contributed by atoms with Crippen molar-refractivity contribution in [1.29, 1.82) is 0 Å². The molecule has 0 saturated heterocycles. The van der Waals surface area contributed by atoms with Gasteiger partial charge in [0, 0.05) is 29.4 Å². The fourth-order valence-electron chi connectivity index (χ4n) is 4.10. The van der Waals surface area contributed by atoms with E-state index in [1.807, 2.05) is 0 Å². The number of halogens is 2. The van der Waals surface area contributed by atoms with Crippen molar-refractivity contribution in [3.05, 3.63) is 82.7 Å². The van der Waals surface area contributed by atoms with Gasteiger partial charge in [-0.1, -0.05) is 18.2 Å². The Morgan fingerprint density at radius 2 is 1.83 bits per heavy atom. The molecule has 0 bridgehead atoms. The third-order valence-corrected chi connectivity index (χ3v) is 5.75. The molecular formula is C23H21F2N3O. The van der Waals surface area contributed by atoms with Crippen LogP contribution < -0.4 is 0 Å². The van der Waals surface area contributed by atoms with E-state index in [1.54, 1.807) is 39.9 Å². The van der Waals surface area contributed by atoms with Crippen LogP contribution in [0, 0.1) is 11.6 Å². The molecule has 0 atom stereocenters. The molecule has 1 saturated carbocycles. The van der Waals surface area contributed by atoms with Gasteiger partial charge in [0.1, 0.15) is 11.6 Å². The lowest BCUT2D eigenvalue weighted by atomic mass is 10.1. The SMILES string of the molecule is O=C(c1nn(-c2ccc(F)cc2)c2c1CCC2)N(Cc1ccccc1F)C1CC1. The zero-order valence-corrected chi connectivity index (χ0v) is 15.9. The van der Waals surface area contributed by atoms with Crippen molar-refractivity contribution in [2.45, 2.75) is 44.7 Å². The van der Waals surface area contributed by atoms with Gasteiger partial charge in [0.2, 0.25) is 0 Å². The first kappa shape index (κ1) is 18.0. The first-order valence-corrected chi connectivity index (χ1v) is 10.0. The molecule has 1 aromatic heterocycles. The van der Waals surface area contributed by atoms with Crippen molar-refractivity contribution >= 4 is 5.91 Å². The number of hydrogen-bond acceptors (Lipinski definition) is 2. The fraction of sp³-hybridized carbons (Fsp3) is 0.304. The number of carbonyl (C=O) groups excluding carboxylic acids is 1. The smallest absolute Gasteiger partial charge is 0.275 e. The molecule has 2 aromatic carbocycles. The van der Waals surface area contributed by atoms with Crippen LogP contribution in [-0.2, 0) is 19.4 Å². The van der Waals surface area contributed by atoms with Gasteiger partial charge in [0.25, 0.3) is 5.91 Å². The Morgan fingerprint density at radius 3 is 2.55 bits per heavy atom. The quantitative estimate of drug-likeness (QED) is 0.643. The largest absolute Gasteiger partial charge is 0.330 e. The Bertz CT molecular complexity index is 1070. The van der Waals surface area contributed by atoms with Gasteiger partial charge in [-0.25, -0.2) is 13.5 Å². The maximum absolute atomic E-state index is 14.2. The summed E-state index contributed by atoms with van der Waals surface area (Å²) in [5.41, 5.74) is 3.70. The Labute approximate surface area is 167 Å². The van der Waals surface area contributed by atoms with Crippen LogP contribution in [0.25, 0.3) is 5.69 Å². The molecule has 0 spiro atoms. The van der Waals surface area contributed by atoms with Gasteiger partial charge >= 0.3 is 0 Å². The Kier molecular flexibility index (Phi) is 4.42. The van der Waals surface area contributed by atoms with E-state index in [-0.39, 0.29) is 30.1 Å². The highest BCUT2D eigenvalue weighted by atomic mass is 19.1. The minimum absolute atomic E-state index is 0.134. The summed E-state index contributed by atoms with van der Waals surface area (Å²) >= 11 is 0. The number of aromatic nitrogens is 2. The van der Waals surface area contributed by atoms with E-state index in [0.717, 1.165) is 49.0 Å². The average Bonchev–Trinajstić information content (AvgIpc) is 3.33. The highest BCUT2D eigenvalue weighted by Crippen LogP contribution is 2.33. The van der Waals surface area contributed by atoms with Gasteiger partial charge in [-0.15, -0.1) is 0 Å². The Hall–Kier alpha value is -3.02. The van der Waals surface area contributed by atoms with Crippen LogP contribution in [0.15, 0.2) is 48.5 Å².